The Morgan fingerprint density at radius 2 is 0.470 bits per heavy atom. The number of carbonyl (C=O) groups is 3. The number of carbonyl (C=O) groups excluding carboxylic acids is 3. The predicted octanol–water partition coefficient (Wildman–Crippen LogP) is 24.6. The van der Waals surface area contributed by atoms with Gasteiger partial charge in [0.1, 0.15) is 13.2 Å². The fourth-order valence-electron chi connectivity index (χ4n) is 10.1. The molecule has 0 rings (SSSR count). The van der Waals surface area contributed by atoms with Crippen molar-refractivity contribution in [3.05, 3.63) is 109 Å². The lowest BCUT2D eigenvalue weighted by Gasteiger charge is -2.18. The highest BCUT2D eigenvalue weighted by Gasteiger charge is 2.19. The molecule has 0 saturated carbocycles. The quantitative estimate of drug-likeness (QED) is 0.0261. The van der Waals surface area contributed by atoms with Crippen LogP contribution < -0.4 is 0 Å². The zero-order valence-electron chi connectivity index (χ0n) is 54.7. The van der Waals surface area contributed by atoms with Crippen LogP contribution in [0.5, 0.6) is 0 Å². The molecular formula is C77H132O6. The molecular weight excluding hydrogens is 1020 g/mol. The van der Waals surface area contributed by atoms with E-state index in [0.29, 0.717) is 19.3 Å². The van der Waals surface area contributed by atoms with E-state index in [4.69, 9.17) is 14.2 Å². The maximum Gasteiger partial charge on any atom is 0.306 e. The normalized spacial score (nSPS) is 12.8. The van der Waals surface area contributed by atoms with E-state index in [0.717, 1.165) is 122 Å². The Bertz CT molecular complexity index is 1660. The lowest BCUT2D eigenvalue weighted by molar-refractivity contribution is -0.167. The van der Waals surface area contributed by atoms with Gasteiger partial charge in [0.05, 0.1) is 0 Å². The van der Waals surface area contributed by atoms with Crippen LogP contribution in [0.4, 0.5) is 0 Å². The lowest BCUT2D eigenvalue weighted by Crippen LogP contribution is -2.30. The second-order valence-corrected chi connectivity index (χ2v) is 23.4. The van der Waals surface area contributed by atoms with Gasteiger partial charge in [-0.15, -0.1) is 0 Å². The molecule has 0 N–H and O–H groups in total. The van der Waals surface area contributed by atoms with Crippen molar-refractivity contribution in [1.29, 1.82) is 0 Å². The minimum Gasteiger partial charge on any atom is -0.462 e. The third kappa shape index (κ3) is 68.7. The summed E-state index contributed by atoms with van der Waals surface area (Å²) < 4.78 is 17.0. The molecule has 0 aliphatic carbocycles. The van der Waals surface area contributed by atoms with Crippen LogP contribution >= 0.6 is 0 Å². The Kier molecular flexibility index (Phi) is 67.2. The topological polar surface area (TPSA) is 78.9 Å². The van der Waals surface area contributed by atoms with E-state index >= 15 is 0 Å². The van der Waals surface area contributed by atoms with Crippen molar-refractivity contribution in [1.82, 2.24) is 0 Å². The second-order valence-electron chi connectivity index (χ2n) is 23.4. The molecule has 0 aromatic carbocycles. The van der Waals surface area contributed by atoms with Gasteiger partial charge in [-0.3, -0.25) is 14.4 Å². The van der Waals surface area contributed by atoms with Crippen molar-refractivity contribution in [3.63, 3.8) is 0 Å². The molecule has 476 valence electrons. The Hall–Kier alpha value is -3.93. The summed E-state index contributed by atoms with van der Waals surface area (Å²) in [5, 5.41) is 0. The molecule has 6 nitrogen and oxygen atoms in total. The molecule has 0 bridgehead atoms. The van der Waals surface area contributed by atoms with Crippen LogP contribution in [0.2, 0.25) is 0 Å². The van der Waals surface area contributed by atoms with Gasteiger partial charge in [0.15, 0.2) is 6.10 Å². The molecule has 0 aliphatic heterocycles. The summed E-state index contributed by atoms with van der Waals surface area (Å²) in [6.07, 6.45) is 96.9. The number of allylic oxidation sites excluding steroid dienone is 18. The molecule has 83 heavy (non-hydrogen) atoms. The van der Waals surface area contributed by atoms with Crippen LogP contribution in [0.3, 0.4) is 0 Å². The third-order valence-electron chi connectivity index (χ3n) is 15.3. The first-order valence-corrected chi connectivity index (χ1v) is 35.4. The largest absolute Gasteiger partial charge is 0.462 e. The second kappa shape index (κ2) is 70.6. The SMILES string of the molecule is CC/C=C\C/C=C\C/C=C\C/C=C\C/C=C\C/C=C\CCCCCCCCCCCCCCCCCCC(=O)OCC(COC(=O)CCCCCCCCCCCCCCC)OC(=O)CCCCCCCCC/C=C\C/C=C\C/C=C\CC. The minimum absolute atomic E-state index is 0.0772. The number of esters is 3. The zero-order chi connectivity index (χ0) is 59.9. The van der Waals surface area contributed by atoms with Crippen molar-refractivity contribution >= 4 is 17.9 Å². The minimum atomic E-state index is -0.782. The maximum absolute atomic E-state index is 12.9. The summed E-state index contributed by atoms with van der Waals surface area (Å²) in [5.74, 6) is -0.872. The van der Waals surface area contributed by atoms with E-state index in [9.17, 15) is 14.4 Å². The number of hydrogen-bond donors (Lipinski definition) is 0. The number of rotatable bonds is 64. The van der Waals surface area contributed by atoms with Crippen molar-refractivity contribution in [3.8, 4) is 0 Å². The first-order chi connectivity index (χ1) is 41.0. The average Bonchev–Trinajstić information content (AvgIpc) is 3.49. The molecule has 1 atom stereocenters. The summed E-state index contributed by atoms with van der Waals surface area (Å²) in [4.78, 5) is 38.4. The number of ether oxygens (including phenoxy) is 3. The van der Waals surface area contributed by atoms with Gasteiger partial charge >= 0.3 is 17.9 Å². The Morgan fingerprint density at radius 1 is 0.253 bits per heavy atom. The van der Waals surface area contributed by atoms with Crippen LogP contribution in [0.25, 0.3) is 0 Å². The zero-order valence-corrected chi connectivity index (χ0v) is 54.7. The van der Waals surface area contributed by atoms with E-state index < -0.39 is 6.10 Å². The Balaban J connectivity index is 4.16. The number of unbranched alkanes of at least 4 members (excludes halogenated alkanes) is 35. The summed E-state index contributed by atoms with van der Waals surface area (Å²) in [7, 11) is 0. The summed E-state index contributed by atoms with van der Waals surface area (Å²) in [6.45, 7) is 6.44. The highest BCUT2D eigenvalue weighted by Crippen LogP contribution is 2.17. The molecule has 0 saturated heterocycles. The predicted molar refractivity (Wildman–Crippen MR) is 362 cm³/mol. The Labute approximate surface area is 514 Å². The smallest absolute Gasteiger partial charge is 0.306 e. The fourth-order valence-corrected chi connectivity index (χ4v) is 10.1. The molecule has 0 aromatic rings. The summed E-state index contributed by atoms with van der Waals surface area (Å²) in [5.41, 5.74) is 0. The first kappa shape index (κ1) is 79.1. The molecule has 1 unspecified atom stereocenters. The van der Waals surface area contributed by atoms with Crippen molar-refractivity contribution in [2.24, 2.45) is 0 Å². The lowest BCUT2D eigenvalue weighted by atomic mass is 10.0. The maximum atomic E-state index is 12.9. The van der Waals surface area contributed by atoms with Gasteiger partial charge in [-0.05, 0) is 103 Å². The van der Waals surface area contributed by atoms with Crippen molar-refractivity contribution in [2.75, 3.05) is 13.2 Å². The highest BCUT2D eigenvalue weighted by atomic mass is 16.6. The molecule has 0 spiro atoms. The number of hydrogen-bond acceptors (Lipinski definition) is 6. The van der Waals surface area contributed by atoms with Crippen LogP contribution in [0.15, 0.2) is 109 Å². The van der Waals surface area contributed by atoms with E-state index in [1.54, 1.807) is 0 Å². The highest BCUT2D eigenvalue weighted by molar-refractivity contribution is 5.71. The van der Waals surface area contributed by atoms with Gasteiger partial charge in [0.25, 0.3) is 0 Å². The van der Waals surface area contributed by atoms with Gasteiger partial charge in [-0.2, -0.15) is 0 Å². The monoisotopic (exact) mass is 1150 g/mol. The molecule has 6 heteroatoms. The molecule has 0 aromatic heterocycles. The molecule has 0 heterocycles. The fraction of sp³-hybridized carbons (Fsp3) is 0.727. The van der Waals surface area contributed by atoms with E-state index in [2.05, 4.69) is 130 Å². The summed E-state index contributed by atoms with van der Waals surface area (Å²) in [6, 6.07) is 0. The Morgan fingerprint density at radius 3 is 0.735 bits per heavy atom. The van der Waals surface area contributed by atoms with E-state index in [1.165, 1.54) is 180 Å². The van der Waals surface area contributed by atoms with Crippen LogP contribution in [0, 0.1) is 0 Å². The van der Waals surface area contributed by atoms with Crippen LogP contribution in [-0.4, -0.2) is 37.2 Å². The van der Waals surface area contributed by atoms with Gasteiger partial charge in [-0.25, -0.2) is 0 Å². The van der Waals surface area contributed by atoms with Gasteiger partial charge in [-0.1, -0.05) is 329 Å². The van der Waals surface area contributed by atoms with Gasteiger partial charge in [0, 0.05) is 19.3 Å². The van der Waals surface area contributed by atoms with E-state index in [-0.39, 0.29) is 31.1 Å². The third-order valence-corrected chi connectivity index (χ3v) is 15.3. The first-order valence-electron chi connectivity index (χ1n) is 35.4. The van der Waals surface area contributed by atoms with E-state index in [1.807, 2.05) is 0 Å². The molecule has 0 amide bonds. The molecule has 0 fully saturated rings. The average molecular weight is 1150 g/mol. The van der Waals surface area contributed by atoms with Crippen molar-refractivity contribution in [2.45, 2.75) is 348 Å². The molecule has 0 aliphatic rings. The van der Waals surface area contributed by atoms with Crippen molar-refractivity contribution < 1.29 is 28.6 Å². The summed E-state index contributed by atoms with van der Waals surface area (Å²) >= 11 is 0. The van der Waals surface area contributed by atoms with Crippen LogP contribution in [-0.2, 0) is 28.6 Å². The van der Waals surface area contributed by atoms with Gasteiger partial charge in [0.2, 0.25) is 0 Å². The standard InChI is InChI=1S/C77H132O6/c1-4-7-10-13-16-19-22-25-27-29-30-31-32-33-34-35-36-37-38-39-40-41-42-43-44-45-46-48-49-52-55-58-61-64-67-70-76(79)82-73-74(72-81-75(78)69-66-63-60-57-54-51-24-21-18-15-12-9-6-3)83-77(80)71-68-65-62-59-56-53-50-47-28-26-23-20-17-14-11-8-5-2/h7-8,10-11,16-17,19-20,25-28,30-31,33-34,36-37,74H,4-6,9,12-15,18,21-24,29,32,35,38-73H2,1-3H3/b10-7-,11-8-,19-16-,20-17-,27-25-,28-26-,31-30-,34-33-,37-36-. The van der Waals surface area contributed by atoms with Crippen LogP contribution in [0.1, 0.15) is 342 Å². The molecule has 0 radical (unpaired) electrons. The van der Waals surface area contributed by atoms with Gasteiger partial charge < -0.3 is 14.2 Å².